The SMILES string of the molecule is C[Si](C)(C)C1([Si](C)(C)C)C=CCC=C1. The minimum absolute atomic E-state index is 0.470. The zero-order valence-electron chi connectivity index (χ0n) is 10.5. The van der Waals surface area contributed by atoms with Gasteiger partial charge in [0.2, 0.25) is 0 Å². The van der Waals surface area contributed by atoms with E-state index in [9.17, 15) is 0 Å². The zero-order valence-corrected chi connectivity index (χ0v) is 12.5. The van der Waals surface area contributed by atoms with Crippen LogP contribution in [-0.4, -0.2) is 16.1 Å². The van der Waals surface area contributed by atoms with Gasteiger partial charge in [0.25, 0.3) is 0 Å². The van der Waals surface area contributed by atoms with Crippen LogP contribution in [-0.2, 0) is 0 Å². The minimum atomic E-state index is -1.15. The average molecular weight is 224 g/mol. The van der Waals surface area contributed by atoms with Gasteiger partial charge in [-0.2, -0.15) is 0 Å². The molecule has 80 valence electrons. The maximum atomic E-state index is 2.53. The fourth-order valence-corrected chi connectivity index (χ4v) is 14.2. The third kappa shape index (κ3) is 1.82. The summed E-state index contributed by atoms with van der Waals surface area (Å²) in [5.74, 6) is 0. The smallest absolute Gasteiger partial charge is 0.0562 e. The third-order valence-corrected chi connectivity index (χ3v) is 13.6. The quantitative estimate of drug-likeness (QED) is 0.480. The Hall–Kier alpha value is -0.0862. The highest BCUT2D eigenvalue weighted by Gasteiger charge is 2.49. The van der Waals surface area contributed by atoms with Crippen LogP contribution in [0.25, 0.3) is 0 Å². The standard InChI is InChI=1S/C12H24Si2/c1-13(2,3)12(14(4,5)6)10-8-7-9-11-12/h8-11H,7H2,1-6H3. The van der Waals surface area contributed by atoms with Crippen LogP contribution in [0, 0.1) is 0 Å². The second kappa shape index (κ2) is 3.49. The maximum absolute atomic E-state index is 2.53. The Kier molecular flexibility index (Phi) is 2.99. The molecule has 0 aromatic rings. The van der Waals surface area contributed by atoms with Gasteiger partial charge >= 0.3 is 0 Å². The Labute approximate surface area is 91.1 Å². The van der Waals surface area contributed by atoms with Gasteiger partial charge in [0.05, 0.1) is 16.1 Å². The van der Waals surface area contributed by atoms with Gasteiger partial charge in [0.15, 0.2) is 0 Å². The van der Waals surface area contributed by atoms with E-state index < -0.39 is 16.1 Å². The second-order valence-corrected chi connectivity index (χ2v) is 17.6. The Morgan fingerprint density at radius 2 is 1.14 bits per heavy atom. The topological polar surface area (TPSA) is 0 Å². The van der Waals surface area contributed by atoms with E-state index in [4.69, 9.17) is 0 Å². The molecule has 0 nitrogen and oxygen atoms in total. The molecular formula is C12H24Si2. The molecule has 0 amide bonds. The van der Waals surface area contributed by atoms with Crippen molar-refractivity contribution in [1.29, 1.82) is 0 Å². The van der Waals surface area contributed by atoms with Crippen molar-refractivity contribution in [3.05, 3.63) is 24.3 Å². The van der Waals surface area contributed by atoms with E-state index in [1.54, 1.807) is 0 Å². The van der Waals surface area contributed by atoms with Gasteiger partial charge in [-0.1, -0.05) is 63.6 Å². The molecule has 0 fully saturated rings. The van der Waals surface area contributed by atoms with Crippen LogP contribution in [0.5, 0.6) is 0 Å². The summed E-state index contributed by atoms with van der Waals surface area (Å²) in [5.41, 5.74) is 0. The monoisotopic (exact) mass is 224 g/mol. The Morgan fingerprint density at radius 3 is 1.36 bits per heavy atom. The van der Waals surface area contributed by atoms with Crippen molar-refractivity contribution in [3.8, 4) is 0 Å². The second-order valence-electron chi connectivity index (χ2n) is 6.41. The molecule has 0 saturated heterocycles. The minimum Gasteiger partial charge on any atom is -0.0845 e. The van der Waals surface area contributed by atoms with Crippen LogP contribution in [0.2, 0.25) is 43.9 Å². The van der Waals surface area contributed by atoms with Crippen molar-refractivity contribution < 1.29 is 0 Å². The number of hydrogen-bond donors (Lipinski definition) is 0. The van der Waals surface area contributed by atoms with Gasteiger partial charge in [-0.15, -0.1) is 0 Å². The maximum Gasteiger partial charge on any atom is 0.0562 e. The summed E-state index contributed by atoms with van der Waals surface area (Å²) in [7, 11) is -2.31. The van der Waals surface area contributed by atoms with E-state index in [0.717, 1.165) is 6.42 Å². The Balaban J connectivity index is 3.23. The normalized spacial score (nSPS) is 21.3. The molecule has 0 bridgehead atoms. The van der Waals surface area contributed by atoms with Gasteiger partial charge in [0, 0.05) is 0 Å². The van der Waals surface area contributed by atoms with Crippen LogP contribution in [0.4, 0.5) is 0 Å². The highest BCUT2D eigenvalue weighted by atomic mass is 28.4. The lowest BCUT2D eigenvalue weighted by molar-refractivity contribution is 1.03. The fourth-order valence-electron chi connectivity index (χ4n) is 2.77. The number of hydrogen-bond acceptors (Lipinski definition) is 0. The summed E-state index contributed by atoms with van der Waals surface area (Å²) in [6, 6.07) is 0. The van der Waals surface area contributed by atoms with Crippen molar-refractivity contribution in [3.63, 3.8) is 0 Å². The van der Waals surface area contributed by atoms with E-state index in [0.29, 0.717) is 4.66 Å². The van der Waals surface area contributed by atoms with Gasteiger partial charge < -0.3 is 0 Å². The van der Waals surface area contributed by atoms with E-state index in [1.807, 2.05) is 0 Å². The molecule has 0 aromatic carbocycles. The molecule has 2 heteroatoms. The summed E-state index contributed by atoms with van der Waals surface area (Å²) in [6.45, 7) is 15.0. The summed E-state index contributed by atoms with van der Waals surface area (Å²) in [5, 5.41) is 0. The molecule has 14 heavy (non-hydrogen) atoms. The van der Waals surface area contributed by atoms with Crippen LogP contribution >= 0.6 is 0 Å². The first-order valence-corrected chi connectivity index (χ1v) is 12.6. The summed E-state index contributed by atoms with van der Waals surface area (Å²) in [4.78, 5) is 0. The van der Waals surface area contributed by atoms with Crippen LogP contribution < -0.4 is 0 Å². The van der Waals surface area contributed by atoms with Gasteiger partial charge in [-0.05, 0) is 11.1 Å². The van der Waals surface area contributed by atoms with Gasteiger partial charge in [-0.25, -0.2) is 0 Å². The molecule has 0 aliphatic heterocycles. The highest BCUT2D eigenvalue weighted by Crippen LogP contribution is 2.50. The van der Waals surface area contributed by atoms with Crippen LogP contribution in [0.15, 0.2) is 24.3 Å². The summed E-state index contributed by atoms with van der Waals surface area (Å²) in [6.07, 6.45) is 10.9. The van der Waals surface area contributed by atoms with Crippen molar-refractivity contribution in [2.75, 3.05) is 0 Å². The molecule has 0 atom stereocenters. The van der Waals surface area contributed by atoms with E-state index >= 15 is 0 Å². The Bertz CT molecular complexity index is 233. The molecular weight excluding hydrogens is 200 g/mol. The molecule has 0 radical (unpaired) electrons. The molecule has 0 spiro atoms. The summed E-state index contributed by atoms with van der Waals surface area (Å²) < 4.78 is 0.470. The molecule has 1 aliphatic rings. The lowest BCUT2D eigenvalue weighted by Gasteiger charge is -2.49. The van der Waals surface area contributed by atoms with Crippen molar-refractivity contribution in [1.82, 2.24) is 0 Å². The van der Waals surface area contributed by atoms with Crippen molar-refractivity contribution >= 4 is 16.1 Å². The van der Waals surface area contributed by atoms with Crippen LogP contribution in [0.3, 0.4) is 0 Å². The largest absolute Gasteiger partial charge is 0.0845 e. The summed E-state index contributed by atoms with van der Waals surface area (Å²) >= 11 is 0. The van der Waals surface area contributed by atoms with E-state index in [1.165, 1.54) is 0 Å². The van der Waals surface area contributed by atoms with Crippen LogP contribution in [0.1, 0.15) is 6.42 Å². The first-order chi connectivity index (χ1) is 6.21. The third-order valence-electron chi connectivity index (χ3n) is 3.52. The molecule has 0 aromatic heterocycles. The lowest BCUT2D eigenvalue weighted by atomic mass is 10.2. The average Bonchev–Trinajstić information content (AvgIpc) is 2.02. The fraction of sp³-hybridized carbons (Fsp3) is 0.667. The molecule has 0 unspecified atom stereocenters. The van der Waals surface area contributed by atoms with E-state index in [-0.39, 0.29) is 0 Å². The van der Waals surface area contributed by atoms with Gasteiger partial charge in [0.1, 0.15) is 0 Å². The van der Waals surface area contributed by atoms with E-state index in [2.05, 4.69) is 63.6 Å². The molecule has 0 saturated carbocycles. The predicted octanol–water partition coefficient (Wildman–Crippen LogP) is 4.46. The molecule has 0 heterocycles. The molecule has 0 N–H and O–H groups in total. The number of rotatable bonds is 2. The Morgan fingerprint density at radius 1 is 0.786 bits per heavy atom. The molecule has 1 rings (SSSR count). The predicted molar refractivity (Wildman–Crippen MR) is 72.3 cm³/mol. The van der Waals surface area contributed by atoms with Crippen molar-refractivity contribution in [2.45, 2.75) is 50.4 Å². The van der Waals surface area contributed by atoms with Crippen molar-refractivity contribution in [2.24, 2.45) is 0 Å². The highest BCUT2D eigenvalue weighted by molar-refractivity contribution is 7.00. The molecule has 1 aliphatic carbocycles. The first kappa shape index (κ1) is 12.0. The lowest BCUT2D eigenvalue weighted by Crippen LogP contribution is -2.52. The number of allylic oxidation sites excluding steroid dienone is 4. The van der Waals surface area contributed by atoms with Gasteiger partial charge in [-0.3, -0.25) is 0 Å². The zero-order chi connectivity index (χ0) is 11.0. The first-order valence-electron chi connectivity index (χ1n) is 5.56.